The van der Waals surface area contributed by atoms with Crippen LogP contribution in [-0.4, -0.2) is 47.4 Å². The molecule has 0 saturated carbocycles. The van der Waals surface area contributed by atoms with Crippen LogP contribution in [0.3, 0.4) is 0 Å². The number of hydrogen-bond donors (Lipinski definition) is 0. The van der Waals surface area contributed by atoms with Gasteiger partial charge in [0.25, 0.3) is 0 Å². The van der Waals surface area contributed by atoms with Gasteiger partial charge in [0, 0.05) is 24.7 Å². The average molecular weight is 472 g/mol. The third kappa shape index (κ3) is 4.13. The summed E-state index contributed by atoms with van der Waals surface area (Å²) in [5.74, 6) is -0.0370. The Morgan fingerprint density at radius 3 is 2.63 bits per heavy atom. The highest BCUT2D eigenvalue weighted by Gasteiger charge is 2.25. The molecule has 1 aliphatic rings. The summed E-state index contributed by atoms with van der Waals surface area (Å²) in [6.07, 6.45) is 5.95. The van der Waals surface area contributed by atoms with Gasteiger partial charge >= 0.3 is 0 Å². The van der Waals surface area contributed by atoms with Gasteiger partial charge in [-0.3, -0.25) is 9.38 Å². The number of imidazole rings is 1. The number of nitrogens with zero attached hydrogens (tertiary/aromatic N) is 9. The lowest BCUT2D eigenvalue weighted by molar-refractivity contribution is 0.209. The molecule has 10 nitrogen and oxygen atoms in total. The van der Waals surface area contributed by atoms with Gasteiger partial charge in [-0.15, -0.1) is 5.10 Å². The van der Waals surface area contributed by atoms with Crippen LogP contribution in [0.25, 0.3) is 16.9 Å². The number of piperidine rings is 1. The maximum Gasteiger partial charge on any atom is 0.201 e. The largest absolute Gasteiger partial charge is 0.469 e. The van der Waals surface area contributed by atoms with E-state index in [1.165, 1.54) is 12.3 Å². The number of hydrogen-bond acceptors (Lipinski definition) is 8. The van der Waals surface area contributed by atoms with Crippen LogP contribution in [0.2, 0.25) is 0 Å². The lowest BCUT2D eigenvalue weighted by Gasteiger charge is -2.28. The van der Waals surface area contributed by atoms with Crippen molar-refractivity contribution in [3.05, 3.63) is 59.6 Å². The number of nitriles is 2. The van der Waals surface area contributed by atoms with E-state index in [-0.39, 0.29) is 6.04 Å². The lowest BCUT2D eigenvalue weighted by Crippen LogP contribution is -2.31. The number of aromatic nitrogens is 6. The molecular weight excluding hydrogens is 449 g/mol. The van der Waals surface area contributed by atoms with Gasteiger partial charge in [-0.05, 0) is 44.9 Å². The van der Waals surface area contributed by atoms with Crippen molar-refractivity contribution in [1.82, 2.24) is 34.3 Å². The fourth-order valence-corrected chi connectivity index (χ4v) is 4.41. The first-order chi connectivity index (χ1) is 17.0. The van der Waals surface area contributed by atoms with Gasteiger partial charge in [0.1, 0.15) is 35.0 Å². The summed E-state index contributed by atoms with van der Waals surface area (Å²) in [4.78, 5) is 10.2. The molecule has 0 radical (unpaired) electrons. The number of pyridine rings is 2. The van der Waals surface area contributed by atoms with Crippen molar-refractivity contribution in [3.63, 3.8) is 0 Å². The molecule has 4 aromatic rings. The standard InChI is InChI=1S/C24H22FN9O/c1-15-24(30-31-34(15)19-5-7-32(14-27)8-6-19)17-9-22-29-13-20(11-26)33(22)23(10-17)35-16(2)21-4-3-18(25)12-28-21/h3-4,9-10,12-13,16,19H,5-8H2,1-2H3. The van der Waals surface area contributed by atoms with E-state index in [2.05, 4.69) is 32.5 Å². The summed E-state index contributed by atoms with van der Waals surface area (Å²) in [6, 6.07) is 8.83. The molecule has 11 heteroatoms. The average Bonchev–Trinajstić information content (AvgIpc) is 3.47. The predicted molar refractivity (Wildman–Crippen MR) is 122 cm³/mol. The van der Waals surface area contributed by atoms with Crippen molar-refractivity contribution in [2.45, 2.75) is 38.8 Å². The van der Waals surface area contributed by atoms with E-state index in [1.54, 1.807) is 28.4 Å². The summed E-state index contributed by atoms with van der Waals surface area (Å²) in [6.45, 7) is 5.16. The second-order valence-electron chi connectivity index (χ2n) is 8.48. The molecule has 0 aromatic carbocycles. The Morgan fingerprint density at radius 1 is 1.14 bits per heavy atom. The molecule has 0 spiro atoms. The van der Waals surface area contributed by atoms with Crippen molar-refractivity contribution < 1.29 is 9.13 Å². The Bertz CT molecular complexity index is 1450. The molecule has 0 amide bonds. The van der Waals surface area contributed by atoms with Crippen molar-refractivity contribution in [2.24, 2.45) is 0 Å². The zero-order valence-electron chi connectivity index (χ0n) is 19.3. The first-order valence-electron chi connectivity index (χ1n) is 11.2. The maximum atomic E-state index is 13.3. The third-order valence-electron chi connectivity index (χ3n) is 6.30. The second-order valence-corrected chi connectivity index (χ2v) is 8.48. The predicted octanol–water partition coefficient (Wildman–Crippen LogP) is 3.56. The van der Waals surface area contributed by atoms with Crippen LogP contribution < -0.4 is 4.74 Å². The monoisotopic (exact) mass is 471 g/mol. The molecule has 1 fully saturated rings. The first-order valence-corrected chi connectivity index (χ1v) is 11.2. The smallest absolute Gasteiger partial charge is 0.201 e. The SMILES string of the molecule is Cc1c(-c2cc(OC(C)c3ccc(F)cn3)n3c(C#N)cnc3c2)nnn1C1CCN(C#N)CC1. The first kappa shape index (κ1) is 22.3. The minimum atomic E-state index is -0.509. The van der Waals surface area contributed by atoms with Crippen LogP contribution in [0, 0.1) is 35.5 Å². The highest BCUT2D eigenvalue weighted by Crippen LogP contribution is 2.32. The van der Waals surface area contributed by atoms with Gasteiger partial charge in [0.05, 0.1) is 29.8 Å². The molecule has 176 valence electrons. The molecule has 4 aromatic heterocycles. The van der Waals surface area contributed by atoms with E-state index >= 15 is 0 Å². The van der Waals surface area contributed by atoms with Crippen molar-refractivity contribution in [2.75, 3.05) is 13.1 Å². The number of rotatable bonds is 5. The Labute approximate surface area is 200 Å². The fraction of sp³-hybridized carbons (Fsp3) is 0.333. The molecular formula is C24H22FN9O. The van der Waals surface area contributed by atoms with Gasteiger partial charge in [0.2, 0.25) is 5.88 Å². The molecule has 1 aliphatic heterocycles. The molecule has 5 rings (SSSR count). The highest BCUT2D eigenvalue weighted by molar-refractivity contribution is 5.68. The summed E-state index contributed by atoms with van der Waals surface area (Å²) >= 11 is 0. The topological polar surface area (TPSA) is 121 Å². The van der Waals surface area contributed by atoms with Crippen LogP contribution in [0.4, 0.5) is 4.39 Å². The zero-order valence-corrected chi connectivity index (χ0v) is 19.3. The highest BCUT2D eigenvalue weighted by atomic mass is 19.1. The van der Waals surface area contributed by atoms with Gasteiger partial charge in [0.15, 0.2) is 6.19 Å². The zero-order chi connectivity index (χ0) is 24.5. The lowest BCUT2D eigenvalue weighted by atomic mass is 10.0. The van der Waals surface area contributed by atoms with E-state index < -0.39 is 11.9 Å². The molecule has 1 atom stereocenters. The summed E-state index contributed by atoms with van der Waals surface area (Å²) in [7, 11) is 0. The van der Waals surface area contributed by atoms with E-state index in [1.807, 2.05) is 17.7 Å². The molecule has 0 bridgehead atoms. The van der Waals surface area contributed by atoms with Crippen LogP contribution in [0.1, 0.15) is 49.0 Å². The quantitative estimate of drug-likeness (QED) is 0.405. The van der Waals surface area contributed by atoms with E-state index in [9.17, 15) is 9.65 Å². The van der Waals surface area contributed by atoms with Crippen LogP contribution in [0.15, 0.2) is 36.7 Å². The third-order valence-corrected chi connectivity index (χ3v) is 6.30. The molecule has 0 aliphatic carbocycles. The van der Waals surface area contributed by atoms with E-state index in [0.717, 1.165) is 30.3 Å². The van der Waals surface area contributed by atoms with Crippen molar-refractivity contribution in [3.8, 4) is 29.4 Å². The molecule has 1 saturated heterocycles. The summed E-state index contributed by atoms with van der Waals surface area (Å²) < 4.78 is 23.1. The number of halogens is 1. The maximum absolute atomic E-state index is 13.3. The second kappa shape index (κ2) is 9.03. The number of fused-ring (bicyclic) bond motifs is 1. The minimum absolute atomic E-state index is 0.168. The molecule has 0 N–H and O–H groups in total. The van der Waals surface area contributed by atoms with Gasteiger partial charge in [-0.25, -0.2) is 14.1 Å². The van der Waals surface area contributed by atoms with Gasteiger partial charge < -0.3 is 9.64 Å². The number of ether oxygens (including phenoxy) is 1. The van der Waals surface area contributed by atoms with Crippen LogP contribution in [0.5, 0.6) is 5.88 Å². The summed E-state index contributed by atoms with van der Waals surface area (Å²) in [5.41, 5.74) is 3.75. The normalized spacial score (nSPS) is 15.1. The molecule has 1 unspecified atom stereocenters. The Hall–Kier alpha value is -4.51. The Morgan fingerprint density at radius 2 is 1.94 bits per heavy atom. The van der Waals surface area contributed by atoms with E-state index in [4.69, 9.17) is 10.00 Å². The van der Waals surface area contributed by atoms with Gasteiger partial charge in [-0.1, -0.05) is 5.21 Å². The van der Waals surface area contributed by atoms with Crippen molar-refractivity contribution in [1.29, 1.82) is 10.5 Å². The molecule has 5 heterocycles. The molecule has 35 heavy (non-hydrogen) atoms. The minimum Gasteiger partial charge on any atom is -0.469 e. The van der Waals surface area contributed by atoms with E-state index in [0.29, 0.717) is 41.7 Å². The summed E-state index contributed by atoms with van der Waals surface area (Å²) in [5, 5.41) is 27.5. The Balaban J connectivity index is 1.51. The fourth-order valence-electron chi connectivity index (χ4n) is 4.41. The van der Waals surface area contributed by atoms with Crippen LogP contribution >= 0.6 is 0 Å². The van der Waals surface area contributed by atoms with Crippen LogP contribution in [-0.2, 0) is 0 Å². The number of likely N-dealkylation sites (tertiary alicyclic amines) is 1. The Kier molecular flexibility index (Phi) is 5.75. The van der Waals surface area contributed by atoms with Crippen molar-refractivity contribution >= 4 is 5.65 Å². The van der Waals surface area contributed by atoms with Gasteiger partial charge in [-0.2, -0.15) is 10.5 Å².